The molecule has 0 aromatic carbocycles. The molecule has 12 nitrogen and oxygen atoms in total. The summed E-state index contributed by atoms with van der Waals surface area (Å²) in [6, 6.07) is 0. The van der Waals surface area contributed by atoms with Gasteiger partial charge in [0.1, 0.15) is 15.1 Å². The maximum atomic E-state index is 12.9. The summed E-state index contributed by atoms with van der Waals surface area (Å²) >= 11 is 6.71. The molecule has 0 aliphatic carbocycles. The monoisotopic (exact) mass is 646 g/mol. The first-order chi connectivity index (χ1) is 17.2. The van der Waals surface area contributed by atoms with Crippen molar-refractivity contribution in [2.24, 2.45) is 0 Å². The summed E-state index contributed by atoms with van der Waals surface area (Å²) in [5.74, 6) is 0.706. The molecule has 4 heterocycles. The van der Waals surface area contributed by atoms with Gasteiger partial charge >= 0.3 is 6.09 Å². The van der Waals surface area contributed by atoms with Gasteiger partial charge in [-0.3, -0.25) is 0 Å². The van der Waals surface area contributed by atoms with E-state index in [1.165, 1.54) is 11.4 Å². The van der Waals surface area contributed by atoms with Crippen LogP contribution in [0.15, 0.2) is 21.6 Å². The van der Waals surface area contributed by atoms with E-state index in [2.05, 4.69) is 57.1 Å². The van der Waals surface area contributed by atoms with Crippen LogP contribution in [-0.4, -0.2) is 82.8 Å². The predicted molar refractivity (Wildman–Crippen MR) is 141 cm³/mol. The molecule has 196 valence electrons. The Labute approximate surface area is 226 Å². The van der Waals surface area contributed by atoms with Crippen molar-refractivity contribution >= 4 is 59.6 Å². The predicted octanol–water partition coefficient (Wildman–Crippen LogP) is 2.90. The minimum atomic E-state index is -3.55. The number of nitrogens with two attached hydrogens (primary N) is 1. The van der Waals surface area contributed by atoms with Crippen LogP contribution in [0.5, 0.6) is 0 Å². The van der Waals surface area contributed by atoms with E-state index < -0.39 is 10.0 Å². The van der Waals surface area contributed by atoms with E-state index in [4.69, 9.17) is 10.5 Å². The van der Waals surface area contributed by atoms with Gasteiger partial charge in [0.05, 0.1) is 30.9 Å². The molecule has 1 amide bonds. The van der Waals surface area contributed by atoms with Crippen LogP contribution in [-0.2, 0) is 14.8 Å². The van der Waals surface area contributed by atoms with Gasteiger partial charge in [-0.05, 0) is 57.5 Å². The normalized spacial score (nSPS) is 18.2. The van der Waals surface area contributed by atoms with Crippen molar-refractivity contribution in [2.75, 3.05) is 50.2 Å². The second-order valence-corrected chi connectivity index (χ2v) is 12.2. The fourth-order valence-corrected chi connectivity index (χ4v) is 6.47. The Morgan fingerprint density at radius 3 is 2.14 bits per heavy atom. The summed E-state index contributed by atoms with van der Waals surface area (Å²) < 4.78 is 33.1. The minimum Gasteiger partial charge on any atom is -0.453 e. The van der Waals surface area contributed by atoms with Crippen molar-refractivity contribution in [2.45, 2.75) is 37.5 Å². The van der Waals surface area contributed by atoms with Crippen LogP contribution < -0.4 is 11.1 Å². The second kappa shape index (κ2) is 11.5. The molecule has 0 atom stereocenters. The third-order valence-electron chi connectivity index (χ3n) is 6.56. The molecule has 36 heavy (non-hydrogen) atoms. The number of nitrogen functional groups attached to an aromatic ring is 1. The number of ether oxygens (including phenoxy) is 1. The average Bonchev–Trinajstić information content (AvgIpc) is 2.89. The Balaban J connectivity index is 1.30. The SMILES string of the molecule is COC(=O)N1CCC(c2cnc(NCS(=O)(=O)N3CCC(c4cnc(N)c(Br)n4)CC3)c(Br)n2)CC1. The van der Waals surface area contributed by atoms with Gasteiger partial charge < -0.3 is 20.7 Å². The highest BCUT2D eigenvalue weighted by atomic mass is 79.9. The van der Waals surface area contributed by atoms with E-state index in [9.17, 15) is 13.2 Å². The van der Waals surface area contributed by atoms with Crippen LogP contribution in [0.4, 0.5) is 16.4 Å². The summed E-state index contributed by atoms with van der Waals surface area (Å²) in [7, 11) is -2.17. The van der Waals surface area contributed by atoms with E-state index in [1.54, 1.807) is 17.3 Å². The summed E-state index contributed by atoms with van der Waals surface area (Å²) in [5, 5.41) is 2.90. The highest BCUT2D eigenvalue weighted by Crippen LogP contribution is 2.31. The van der Waals surface area contributed by atoms with Crippen molar-refractivity contribution in [3.05, 3.63) is 33.0 Å². The van der Waals surface area contributed by atoms with E-state index in [0.29, 0.717) is 59.9 Å². The number of methoxy groups -OCH3 is 1. The van der Waals surface area contributed by atoms with Crippen LogP contribution in [0.1, 0.15) is 48.9 Å². The smallest absolute Gasteiger partial charge is 0.409 e. The molecule has 2 saturated heterocycles. The zero-order chi connectivity index (χ0) is 25.9. The van der Waals surface area contributed by atoms with Crippen molar-refractivity contribution in [3.63, 3.8) is 0 Å². The summed E-state index contributed by atoms with van der Waals surface area (Å²) in [6.45, 7) is 1.98. The van der Waals surface area contributed by atoms with Gasteiger partial charge in [-0.15, -0.1) is 0 Å². The number of carbonyl (C=O) groups is 1. The number of rotatable bonds is 6. The molecule has 2 aromatic heterocycles. The fraction of sp³-hybridized carbons (Fsp3) is 0.571. The van der Waals surface area contributed by atoms with Crippen molar-refractivity contribution in [1.29, 1.82) is 0 Å². The highest BCUT2D eigenvalue weighted by molar-refractivity contribution is 9.10. The van der Waals surface area contributed by atoms with Crippen LogP contribution in [0.2, 0.25) is 0 Å². The first-order valence-corrected chi connectivity index (χ1v) is 14.7. The van der Waals surface area contributed by atoms with Crippen molar-refractivity contribution in [3.8, 4) is 0 Å². The molecule has 2 fully saturated rings. The zero-order valence-corrected chi connectivity index (χ0v) is 23.7. The standard InChI is InChI=1S/C21H28Br2N8O4S/c1-35-21(32)30-6-2-13(3-7-30)16-11-26-20(18(23)29-16)27-12-36(33,34)31-8-4-14(5-9-31)15-10-25-19(24)17(22)28-15/h10-11,13-14H,2-9,12H2,1H3,(H2,24,25)(H,26,27). The van der Waals surface area contributed by atoms with Gasteiger partial charge in [0.15, 0.2) is 11.6 Å². The number of nitrogens with zero attached hydrogens (tertiary/aromatic N) is 6. The average molecular weight is 648 g/mol. The second-order valence-electron chi connectivity index (χ2n) is 8.74. The molecule has 0 unspecified atom stereocenters. The van der Waals surface area contributed by atoms with Gasteiger partial charge in [-0.25, -0.2) is 37.5 Å². The number of halogens is 2. The lowest BCUT2D eigenvalue weighted by Crippen LogP contribution is -2.40. The number of aromatic nitrogens is 4. The quantitative estimate of drug-likeness (QED) is 0.478. The third kappa shape index (κ3) is 6.23. The number of hydrogen-bond acceptors (Lipinski definition) is 10. The number of carbonyl (C=O) groups excluding carboxylic acids is 1. The number of likely N-dealkylation sites (tertiary alicyclic amines) is 1. The number of piperidine rings is 2. The summed E-state index contributed by atoms with van der Waals surface area (Å²) in [6.07, 6.45) is 5.80. The molecule has 0 radical (unpaired) electrons. The molecular weight excluding hydrogens is 620 g/mol. The Morgan fingerprint density at radius 2 is 1.58 bits per heavy atom. The Morgan fingerprint density at radius 1 is 1.03 bits per heavy atom. The Bertz CT molecular complexity index is 1200. The molecule has 0 bridgehead atoms. The number of sulfonamides is 1. The molecule has 2 aromatic rings. The molecule has 0 saturated carbocycles. The molecule has 2 aliphatic rings. The van der Waals surface area contributed by atoms with Gasteiger partial charge in [-0.2, -0.15) is 0 Å². The van der Waals surface area contributed by atoms with Gasteiger partial charge in [0.2, 0.25) is 10.0 Å². The lowest BCUT2D eigenvalue weighted by atomic mass is 9.94. The van der Waals surface area contributed by atoms with E-state index in [-0.39, 0.29) is 23.8 Å². The first kappa shape index (κ1) is 26.9. The number of amides is 1. The number of nitrogens with one attached hydrogen (secondary N) is 1. The van der Waals surface area contributed by atoms with E-state index in [1.807, 2.05) is 0 Å². The maximum absolute atomic E-state index is 12.9. The van der Waals surface area contributed by atoms with Crippen LogP contribution in [0.25, 0.3) is 0 Å². The number of anilines is 2. The lowest BCUT2D eigenvalue weighted by Gasteiger charge is -2.31. The Kier molecular flexibility index (Phi) is 8.63. The summed E-state index contributed by atoms with van der Waals surface area (Å²) in [5.41, 5.74) is 7.32. The van der Waals surface area contributed by atoms with Crippen molar-refractivity contribution < 1.29 is 17.9 Å². The molecule has 15 heteroatoms. The zero-order valence-electron chi connectivity index (χ0n) is 19.7. The lowest BCUT2D eigenvalue weighted by molar-refractivity contribution is 0.112. The first-order valence-electron chi connectivity index (χ1n) is 11.5. The highest BCUT2D eigenvalue weighted by Gasteiger charge is 2.30. The third-order valence-corrected chi connectivity index (χ3v) is 9.35. The molecule has 4 rings (SSSR count). The largest absolute Gasteiger partial charge is 0.453 e. The minimum absolute atomic E-state index is 0.126. The van der Waals surface area contributed by atoms with E-state index in [0.717, 1.165) is 24.2 Å². The van der Waals surface area contributed by atoms with Crippen LogP contribution >= 0.6 is 31.9 Å². The fourth-order valence-electron chi connectivity index (χ4n) is 4.45. The van der Waals surface area contributed by atoms with Gasteiger partial charge in [0.25, 0.3) is 0 Å². The molecule has 3 N–H and O–H groups in total. The topological polar surface area (TPSA) is 157 Å². The summed E-state index contributed by atoms with van der Waals surface area (Å²) in [4.78, 5) is 30.9. The van der Waals surface area contributed by atoms with Crippen LogP contribution in [0.3, 0.4) is 0 Å². The molecule has 2 aliphatic heterocycles. The molecular formula is C21H28Br2N8O4S. The number of hydrogen-bond donors (Lipinski definition) is 2. The van der Waals surface area contributed by atoms with Crippen molar-refractivity contribution in [1.82, 2.24) is 29.1 Å². The van der Waals surface area contributed by atoms with Crippen LogP contribution in [0, 0.1) is 0 Å². The van der Waals surface area contributed by atoms with E-state index >= 15 is 0 Å². The Hall–Kier alpha value is -2.10. The molecule has 0 spiro atoms. The van der Waals surface area contributed by atoms with Gasteiger partial charge in [0, 0.05) is 38.0 Å². The van der Waals surface area contributed by atoms with Gasteiger partial charge in [-0.1, -0.05) is 0 Å². The maximum Gasteiger partial charge on any atom is 0.409 e.